The number of para-hydroxylation sites is 1. The van der Waals surface area contributed by atoms with E-state index in [2.05, 4.69) is 15.4 Å². The van der Waals surface area contributed by atoms with Gasteiger partial charge in [-0.3, -0.25) is 9.59 Å². The summed E-state index contributed by atoms with van der Waals surface area (Å²) in [5.74, 6) is -0.797. The molecule has 0 radical (unpaired) electrons. The van der Waals surface area contributed by atoms with Gasteiger partial charge in [0.15, 0.2) is 0 Å². The van der Waals surface area contributed by atoms with Crippen LogP contribution in [0.2, 0.25) is 0 Å². The van der Waals surface area contributed by atoms with E-state index in [1.165, 1.54) is 24.3 Å². The van der Waals surface area contributed by atoms with Crippen molar-refractivity contribution >= 4 is 17.5 Å². The average Bonchev–Trinajstić information content (AvgIpc) is 2.55. The number of nitrogens with one attached hydrogen (secondary N) is 2. The molecule has 0 aliphatic heterocycles. The molecule has 2 aromatic carbocycles. The Bertz CT molecular complexity index is 718. The number of benzene rings is 2. The number of amides is 2. The maximum Gasteiger partial charge on any atom is 0.387 e. The third-order valence-electron chi connectivity index (χ3n) is 3.10. The van der Waals surface area contributed by atoms with Gasteiger partial charge in [-0.25, -0.2) is 0 Å². The molecule has 0 atom stereocenters. The average molecular weight is 334 g/mol. The highest BCUT2D eigenvalue weighted by atomic mass is 19.3. The number of ether oxygens (including phenoxy) is 1. The summed E-state index contributed by atoms with van der Waals surface area (Å²) in [5.41, 5.74) is 0.953. The first-order valence-corrected chi connectivity index (χ1v) is 7.24. The van der Waals surface area contributed by atoms with Crippen molar-refractivity contribution in [3.05, 3.63) is 59.7 Å². The Morgan fingerprint density at radius 3 is 2.33 bits per heavy atom. The van der Waals surface area contributed by atoms with Crippen LogP contribution in [-0.2, 0) is 0 Å². The number of hydrogen-bond acceptors (Lipinski definition) is 3. The lowest BCUT2D eigenvalue weighted by Crippen LogP contribution is -2.24. The number of hydrogen-bond donors (Lipinski definition) is 2. The Morgan fingerprint density at radius 2 is 1.71 bits per heavy atom. The quantitative estimate of drug-likeness (QED) is 0.852. The fourth-order valence-corrected chi connectivity index (χ4v) is 2.03. The van der Waals surface area contributed by atoms with Crippen molar-refractivity contribution in [1.82, 2.24) is 5.32 Å². The van der Waals surface area contributed by atoms with Crippen molar-refractivity contribution in [3.63, 3.8) is 0 Å². The van der Waals surface area contributed by atoms with Crippen LogP contribution in [0.1, 0.15) is 27.6 Å². The Balaban J connectivity index is 2.14. The largest absolute Gasteiger partial charge is 0.435 e. The summed E-state index contributed by atoms with van der Waals surface area (Å²) >= 11 is 0. The van der Waals surface area contributed by atoms with E-state index in [1.54, 1.807) is 31.2 Å². The number of halogens is 2. The van der Waals surface area contributed by atoms with Crippen LogP contribution >= 0.6 is 0 Å². The number of carbonyl (C=O) groups excluding carboxylic acids is 2. The van der Waals surface area contributed by atoms with Crippen molar-refractivity contribution in [2.24, 2.45) is 0 Å². The lowest BCUT2D eigenvalue weighted by atomic mass is 10.1. The smallest absolute Gasteiger partial charge is 0.387 e. The fraction of sp³-hybridized carbons (Fsp3) is 0.176. The van der Waals surface area contributed by atoms with Gasteiger partial charge in [0.25, 0.3) is 11.8 Å². The Kier molecular flexibility index (Phi) is 5.83. The molecular formula is C17H16F2N2O3. The summed E-state index contributed by atoms with van der Waals surface area (Å²) in [6.07, 6.45) is 0. The van der Waals surface area contributed by atoms with E-state index in [9.17, 15) is 18.4 Å². The summed E-state index contributed by atoms with van der Waals surface area (Å²) in [6.45, 7) is -0.664. The zero-order valence-corrected chi connectivity index (χ0v) is 12.9. The Labute approximate surface area is 137 Å². The van der Waals surface area contributed by atoms with Crippen molar-refractivity contribution < 1.29 is 23.1 Å². The molecule has 126 valence electrons. The van der Waals surface area contributed by atoms with Crippen LogP contribution in [0.5, 0.6) is 5.75 Å². The first-order chi connectivity index (χ1) is 11.5. The molecule has 0 bridgehead atoms. The second kappa shape index (κ2) is 8.05. The number of alkyl halides is 2. The molecule has 5 nitrogen and oxygen atoms in total. The van der Waals surface area contributed by atoms with E-state index in [0.29, 0.717) is 17.8 Å². The minimum atomic E-state index is -2.92. The number of rotatable bonds is 6. The summed E-state index contributed by atoms with van der Waals surface area (Å²) < 4.78 is 28.4. The fourth-order valence-electron chi connectivity index (χ4n) is 2.03. The lowest BCUT2D eigenvalue weighted by Gasteiger charge is -2.11. The minimum Gasteiger partial charge on any atom is -0.435 e. The number of carbonyl (C=O) groups is 2. The van der Waals surface area contributed by atoms with Gasteiger partial charge in [-0.2, -0.15) is 8.78 Å². The molecule has 0 fully saturated rings. The van der Waals surface area contributed by atoms with Crippen molar-refractivity contribution in [1.29, 1.82) is 0 Å². The van der Waals surface area contributed by atoms with Crippen LogP contribution in [0, 0.1) is 0 Å². The molecule has 7 heteroatoms. The van der Waals surface area contributed by atoms with Gasteiger partial charge in [-0.15, -0.1) is 0 Å². The van der Waals surface area contributed by atoms with Gasteiger partial charge in [0.05, 0.1) is 11.3 Å². The molecular weight excluding hydrogens is 318 g/mol. The van der Waals surface area contributed by atoms with Gasteiger partial charge < -0.3 is 15.4 Å². The van der Waals surface area contributed by atoms with Crippen molar-refractivity contribution in [2.45, 2.75) is 13.5 Å². The van der Waals surface area contributed by atoms with Crippen LogP contribution in [0.25, 0.3) is 0 Å². The molecule has 2 rings (SSSR count). The van der Waals surface area contributed by atoms with Crippen LogP contribution in [0.4, 0.5) is 14.5 Å². The SMILES string of the molecule is CCNC(=O)c1ccccc1NC(=O)c1ccc(OC(F)F)cc1. The van der Waals surface area contributed by atoms with Crippen LogP contribution < -0.4 is 15.4 Å². The highest BCUT2D eigenvalue weighted by molar-refractivity contribution is 6.09. The summed E-state index contributed by atoms with van der Waals surface area (Å²) in [4.78, 5) is 24.2. The summed E-state index contributed by atoms with van der Waals surface area (Å²) in [6, 6.07) is 11.9. The van der Waals surface area contributed by atoms with Crippen LogP contribution in [-0.4, -0.2) is 25.0 Å². The summed E-state index contributed by atoms with van der Waals surface area (Å²) in [5, 5.41) is 5.30. The Morgan fingerprint density at radius 1 is 1.04 bits per heavy atom. The van der Waals surface area contributed by atoms with Gasteiger partial charge in [0.2, 0.25) is 0 Å². The van der Waals surface area contributed by atoms with Crippen molar-refractivity contribution in [3.8, 4) is 5.75 Å². The molecule has 0 spiro atoms. The molecule has 0 unspecified atom stereocenters. The first-order valence-electron chi connectivity index (χ1n) is 7.24. The van der Waals surface area contributed by atoms with Gasteiger partial charge in [0, 0.05) is 12.1 Å². The normalized spacial score (nSPS) is 10.3. The predicted octanol–water partition coefficient (Wildman–Crippen LogP) is 3.29. The maximum atomic E-state index is 12.2. The second-order valence-electron chi connectivity index (χ2n) is 4.76. The van der Waals surface area contributed by atoms with E-state index in [4.69, 9.17) is 0 Å². The highest BCUT2D eigenvalue weighted by Crippen LogP contribution is 2.18. The molecule has 2 aromatic rings. The summed E-state index contributed by atoms with van der Waals surface area (Å²) in [7, 11) is 0. The topological polar surface area (TPSA) is 67.4 Å². The molecule has 0 heterocycles. The molecule has 0 saturated carbocycles. The molecule has 0 saturated heterocycles. The van der Waals surface area contributed by atoms with E-state index in [-0.39, 0.29) is 17.2 Å². The highest BCUT2D eigenvalue weighted by Gasteiger charge is 2.14. The monoisotopic (exact) mass is 334 g/mol. The molecule has 0 aromatic heterocycles. The van der Waals surface area contributed by atoms with Gasteiger partial charge in [-0.1, -0.05) is 12.1 Å². The minimum absolute atomic E-state index is 0.0377. The zero-order chi connectivity index (χ0) is 17.5. The van der Waals surface area contributed by atoms with Crippen LogP contribution in [0.3, 0.4) is 0 Å². The molecule has 0 aliphatic rings. The third kappa shape index (κ3) is 4.52. The molecule has 0 aliphatic carbocycles. The lowest BCUT2D eigenvalue weighted by molar-refractivity contribution is -0.0498. The van der Waals surface area contributed by atoms with E-state index in [1.807, 2.05) is 0 Å². The van der Waals surface area contributed by atoms with E-state index in [0.717, 1.165) is 0 Å². The first kappa shape index (κ1) is 17.4. The van der Waals surface area contributed by atoms with Gasteiger partial charge >= 0.3 is 6.61 Å². The zero-order valence-electron chi connectivity index (χ0n) is 12.9. The predicted molar refractivity (Wildman–Crippen MR) is 85.5 cm³/mol. The molecule has 2 amide bonds. The maximum absolute atomic E-state index is 12.2. The third-order valence-corrected chi connectivity index (χ3v) is 3.10. The Hall–Kier alpha value is -2.96. The van der Waals surface area contributed by atoms with Gasteiger partial charge in [-0.05, 0) is 43.3 Å². The van der Waals surface area contributed by atoms with E-state index < -0.39 is 12.5 Å². The number of anilines is 1. The second-order valence-corrected chi connectivity index (χ2v) is 4.76. The molecule has 24 heavy (non-hydrogen) atoms. The van der Waals surface area contributed by atoms with E-state index >= 15 is 0 Å². The molecule has 2 N–H and O–H groups in total. The van der Waals surface area contributed by atoms with Crippen molar-refractivity contribution in [2.75, 3.05) is 11.9 Å². The standard InChI is InChI=1S/C17H16F2N2O3/c1-2-20-16(23)13-5-3-4-6-14(13)21-15(22)11-7-9-12(10-8-11)24-17(18)19/h3-10,17H,2H2,1H3,(H,20,23)(H,21,22). The van der Waals surface area contributed by atoms with Gasteiger partial charge in [0.1, 0.15) is 5.75 Å². The van der Waals surface area contributed by atoms with Crippen LogP contribution in [0.15, 0.2) is 48.5 Å².